The number of nitrogen functional groups attached to an aromatic ring is 1. The minimum Gasteiger partial charge on any atom is -0.393 e. The predicted molar refractivity (Wildman–Crippen MR) is 71.2 cm³/mol. The summed E-state index contributed by atoms with van der Waals surface area (Å²) in [5.41, 5.74) is 6.74. The van der Waals surface area contributed by atoms with Crippen molar-refractivity contribution in [2.45, 2.75) is 32.4 Å². The van der Waals surface area contributed by atoms with Gasteiger partial charge in [0.1, 0.15) is 5.69 Å². The van der Waals surface area contributed by atoms with Crippen LogP contribution in [0.1, 0.15) is 25.3 Å². The second kappa shape index (κ2) is 4.94. The molecule has 1 unspecified atom stereocenters. The number of anilines is 1. The van der Waals surface area contributed by atoms with E-state index in [9.17, 15) is 10.1 Å². The van der Waals surface area contributed by atoms with Gasteiger partial charge in [-0.3, -0.25) is 15.0 Å². The van der Waals surface area contributed by atoms with Crippen molar-refractivity contribution < 1.29 is 4.92 Å². The molecule has 1 aromatic carbocycles. The summed E-state index contributed by atoms with van der Waals surface area (Å²) in [5, 5.41) is 10.8. The number of nitro benzene ring substituents is 1. The topological polar surface area (TPSA) is 72.4 Å². The first-order valence-electron chi connectivity index (χ1n) is 6.22. The first-order chi connectivity index (χ1) is 8.49. The summed E-state index contributed by atoms with van der Waals surface area (Å²) < 4.78 is 0. The third-order valence-electron chi connectivity index (χ3n) is 3.72. The van der Waals surface area contributed by atoms with Gasteiger partial charge in [0, 0.05) is 18.7 Å². The summed E-state index contributed by atoms with van der Waals surface area (Å²) >= 11 is 0. The Morgan fingerprint density at radius 2 is 2.22 bits per heavy atom. The lowest BCUT2D eigenvalue weighted by Crippen LogP contribution is -2.30. The van der Waals surface area contributed by atoms with Gasteiger partial charge < -0.3 is 5.73 Å². The van der Waals surface area contributed by atoms with Gasteiger partial charge in [0.15, 0.2) is 0 Å². The Balaban J connectivity index is 2.08. The van der Waals surface area contributed by atoms with Gasteiger partial charge in [-0.15, -0.1) is 0 Å². The van der Waals surface area contributed by atoms with E-state index in [2.05, 4.69) is 18.9 Å². The van der Waals surface area contributed by atoms with Crippen LogP contribution in [0.2, 0.25) is 0 Å². The van der Waals surface area contributed by atoms with E-state index in [1.807, 2.05) is 6.07 Å². The Hall–Kier alpha value is -1.62. The molecular weight excluding hydrogens is 230 g/mol. The molecule has 5 heteroatoms. The van der Waals surface area contributed by atoms with E-state index >= 15 is 0 Å². The van der Waals surface area contributed by atoms with Gasteiger partial charge in [0.25, 0.3) is 5.69 Å². The number of nitrogens with two attached hydrogens (primary N) is 1. The van der Waals surface area contributed by atoms with Crippen LogP contribution in [0.25, 0.3) is 0 Å². The predicted octanol–water partition coefficient (Wildman–Crippen LogP) is 2.41. The van der Waals surface area contributed by atoms with E-state index in [4.69, 9.17) is 5.73 Å². The molecule has 98 valence electrons. The van der Waals surface area contributed by atoms with E-state index in [1.54, 1.807) is 12.1 Å². The lowest BCUT2D eigenvalue weighted by molar-refractivity contribution is -0.384. The molecule has 0 aliphatic heterocycles. The number of nitro groups is 1. The zero-order valence-corrected chi connectivity index (χ0v) is 10.8. The Kier molecular flexibility index (Phi) is 3.52. The van der Waals surface area contributed by atoms with Gasteiger partial charge in [0.2, 0.25) is 0 Å². The maximum Gasteiger partial charge on any atom is 0.292 e. The zero-order chi connectivity index (χ0) is 13.3. The number of benzene rings is 1. The smallest absolute Gasteiger partial charge is 0.292 e. The molecule has 1 aliphatic rings. The molecule has 0 radical (unpaired) electrons. The molecule has 5 nitrogen and oxygen atoms in total. The molecular formula is C13H19N3O2. The monoisotopic (exact) mass is 249 g/mol. The molecule has 0 spiro atoms. The minimum atomic E-state index is -0.427. The summed E-state index contributed by atoms with van der Waals surface area (Å²) in [6.45, 7) is 2.93. The third-order valence-corrected chi connectivity index (χ3v) is 3.72. The first kappa shape index (κ1) is 12.8. The first-order valence-corrected chi connectivity index (χ1v) is 6.22. The molecule has 2 rings (SSSR count). The second-order valence-electron chi connectivity index (χ2n) is 5.14. The van der Waals surface area contributed by atoms with E-state index in [0.29, 0.717) is 6.04 Å². The van der Waals surface area contributed by atoms with Crippen molar-refractivity contribution in [3.63, 3.8) is 0 Å². The Labute approximate surface area is 107 Å². The van der Waals surface area contributed by atoms with E-state index in [0.717, 1.165) is 18.0 Å². The molecule has 1 aromatic rings. The van der Waals surface area contributed by atoms with Crippen molar-refractivity contribution in [1.29, 1.82) is 0 Å². The van der Waals surface area contributed by atoms with Crippen LogP contribution >= 0.6 is 0 Å². The zero-order valence-electron chi connectivity index (χ0n) is 10.8. The third kappa shape index (κ3) is 2.79. The average molecular weight is 249 g/mol. The van der Waals surface area contributed by atoms with Crippen LogP contribution in [0.5, 0.6) is 0 Å². The van der Waals surface area contributed by atoms with Crippen LogP contribution in [-0.4, -0.2) is 22.9 Å². The van der Waals surface area contributed by atoms with Crippen LogP contribution < -0.4 is 5.73 Å². The normalized spacial score (nSPS) is 16.8. The molecule has 0 saturated heterocycles. The molecule has 1 saturated carbocycles. The average Bonchev–Trinajstić information content (AvgIpc) is 3.14. The highest BCUT2D eigenvalue weighted by molar-refractivity contribution is 5.59. The van der Waals surface area contributed by atoms with Crippen LogP contribution in [0, 0.1) is 16.0 Å². The highest BCUT2D eigenvalue weighted by Gasteiger charge is 2.30. The summed E-state index contributed by atoms with van der Waals surface area (Å²) in [4.78, 5) is 12.6. The maximum absolute atomic E-state index is 10.8. The van der Waals surface area contributed by atoms with Crippen molar-refractivity contribution in [2.24, 2.45) is 5.92 Å². The van der Waals surface area contributed by atoms with Crippen molar-refractivity contribution in [1.82, 2.24) is 4.90 Å². The molecule has 0 amide bonds. The van der Waals surface area contributed by atoms with E-state index in [-0.39, 0.29) is 11.4 Å². The largest absolute Gasteiger partial charge is 0.393 e. The fourth-order valence-electron chi connectivity index (χ4n) is 2.22. The van der Waals surface area contributed by atoms with Gasteiger partial charge >= 0.3 is 0 Å². The SMILES string of the molecule is CC(C1CC1)N(C)Cc1ccc(N)c([N+](=O)[O-])c1. The maximum atomic E-state index is 10.8. The van der Waals surface area contributed by atoms with Gasteiger partial charge in [-0.25, -0.2) is 0 Å². The van der Waals surface area contributed by atoms with Crippen LogP contribution in [0.15, 0.2) is 18.2 Å². The second-order valence-corrected chi connectivity index (χ2v) is 5.14. The van der Waals surface area contributed by atoms with Crippen molar-refractivity contribution in [2.75, 3.05) is 12.8 Å². The van der Waals surface area contributed by atoms with E-state index in [1.165, 1.54) is 12.8 Å². The standard InChI is InChI=1S/C13H19N3O2/c1-9(11-4-5-11)15(2)8-10-3-6-12(14)13(7-10)16(17)18/h3,6-7,9,11H,4-5,8,14H2,1-2H3. The van der Waals surface area contributed by atoms with Crippen molar-refractivity contribution in [3.05, 3.63) is 33.9 Å². The number of hydrogen-bond donors (Lipinski definition) is 1. The van der Waals surface area contributed by atoms with Gasteiger partial charge in [-0.2, -0.15) is 0 Å². The minimum absolute atomic E-state index is 0.0000231. The Bertz CT molecular complexity index is 458. The summed E-state index contributed by atoms with van der Waals surface area (Å²) in [5.74, 6) is 0.791. The van der Waals surface area contributed by atoms with Gasteiger partial charge in [-0.1, -0.05) is 6.07 Å². The molecule has 18 heavy (non-hydrogen) atoms. The number of nitrogens with zero attached hydrogens (tertiary/aromatic N) is 2. The summed E-state index contributed by atoms with van der Waals surface area (Å²) in [7, 11) is 2.06. The molecule has 0 aromatic heterocycles. The molecule has 1 atom stereocenters. The molecule has 2 N–H and O–H groups in total. The fourth-order valence-corrected chi connectivity index (χ4v) is 2.22. The Morgan fingerprint density at radius 1 is 1.56 bits per heavy atom. The molecule has 1 fully saturated rings. The fraction of sp³-hybridized carbons (Fsp3) is 0.538. The van der Waals surface area contributed by atoms with E-state index < -0.39 is 4.92 Å². The highest BCUT2D eigenvalue weighted by atomic mass is 16.6. The molecule has 0 bridgehead atoms. The number of rotatable bonds is 5. The molecule has 1 aliphatic carbocycles. The Morgan fingerprint density at radius 3 is 2.78 bits per heavy atom. The van der Waals surface area contributed by atoms with Crippen molar-refractivity contribution >= 4 is 11.4 Å². The summed E-state index contributed by atoms with van der Waals surface area (Å²) in [6, 6.07) is 5.58. The van der Waals surface area contributed by atoms with Crippen LogP contribution in [0.3, 0.4) is 0 Å². The lowest BCUT2D eigenvalue weighted by Gasteiger charge is -2.24. The van der Waals surface area contributed by atoms with Crippen LogP contribution in [0.4, 0.5) is 11.4 Å². The quantitative estimate of drug-likeness (QED) is 0.494. The highest BCUT2D eigenvalue weighted by Crippen LogP contribution is 2.35. The van der Waals surface area contributed by atoms with Crippen LogP contribution in [-0.2, 0) is 6.54 Å². The van der Waals surface area contributed by atoms with Crippen molar-refractivity contribution in [3.8, 4) is 0 Å². The lowest BCUT2D eigenvalue weighted by atomic mass is 10.1. The summed E-state index contributed by atoms with van der Waals surface area (Å²) in [6.07, 6.45) is 2.60. The molecule has 0 heterocycles. The van der Waals surface area contributed by atoms with Gasteiger partial charge in [0.05, 0.1) is 4.92 Å². The van der Waals surface area contributed by atoms with Gasteiger partial charge in [-0.05, 0) is 44.4 Å². The number of hydrogen-bond acceptors (Lipinski definition) is 4.